The van der Waals surface area contributed by atoms with E-state index in [1.807, 2.05) is 0 Å². The number of thiophene rings is 1. The van der Waals surface area contributed by atoms with Gasteiger partial charge in [0.25, 0.3) is 0 Å². The molecular formula is C10H14N2O3S. The van der Waals surface area contributed by atoms with E-state index in [9.17, 15) is 10.1 Å². The van der Waals surface area contributed by atoms with Gasteiger partial charge in [0, 0.05) is 6.07 Å². The van der Waals surface area contributed by atoms with Gasteiger partial charge in [0.1, 0.15) is 5.60 Å². The summed E-state index contributed by atoms with van der Waals surface area (Å²) >= 11 is 1.09. The van der Waals surface area contributed by atoms with Crippen LogP contribution in [0.4, 0.5) is 5.00 Å². The van der Waals surface area contributed by atoms with Gasteiger partial charge >= 0.3 is 5.00 Å². The molecule has 1 fully saturated rings. The lowest BCUT2D eigenvalue weighted by Crippen LogP contribution is -2.43. The van der Waals surface area contributed by atoms with E-state index in [-0.39, 0.29) is 15.5 Å². The fourth-order valence-electron chi connectivity index (χ4n) is 1.76. The number of nitrogens with zero attached hydrogens (tertiary/aromatic N) is 1. The minimum atomic E-state index is -0.387. The van der Waals surface area contributed by atoms with E-state index >= 15 is 0 Å². The number of nitro groups is 1. The Balaban J connectivity index is 2.04. The third kappa shape index (κ3) is 2.51. The molecule has 1 aromatic heterocycles. The summed E-state index contributed by atoms with van der Waals surface area (Å²) in [6.07, 6.45) is 1.86. The molecule has 0 aromatic carbocycles. The Kier molecular flexibility index (Phi) is 3.11. The summed E-state index contributed by atoms with van der Waals surface area (Å²) in [6, 6.07) is 3.17. The number of hydrogen-bond acceptors (Lipinski definition) is 5. The van der Waals surface area contributed by atoms with Gasteiger partial charge < -0.3 is 10.1 Å². The zero-order valence-electron chi connectivity index (χ0n) is 9.06. The minimum Gasteiger partial charge on any atom is -0.478 e. The summed E-state index contributed by atoms with van der Waals surface area (Å²) < 4.78 is 5.85. The average Bonchev–Trinajstić information content (AvgIpc) is 2.66. The van der Waals surface area contributed by atoms with Gasteiger partial charge in [-0.25, -0.2) is 0 Å². The summed E-state index contributed by atoms with van der Waals surface area (Å²) in [7, 11) is 0. The largest absolute Gasteiger partial charge is 0.478 e. The Hall–Kier alpha value is -1.14. The SMILES string of the molecule is CC1(Oc2ccc([N+](=O)[O-])s2)CCNCC1. The Morgan fingerprint density at radius 3 is 2.75 bits per heavy atom. The van der Waals surface area contributed by atoms with Crippen molar-refractivity contribution in [2.45, 2.75) is 25.4 Å². The molecule has 1 aromatic rings. The Labute approximate surface area is 97.6 Å². The molecule has 1 N–H and O–H groups in total. The van der Waals surface area contributed by atoms with Crippen LogP contribution in [0.5, 0.6) is 5.06 Å². The van der Waals surface area contributed by atoms with Gasteiger partial charge in [-0.15, -0.1) is 0 Å². The van der Waals surface area contributed by atoms with Crippen LogP contribution in [-0.4, -0.2) is 23.6 Å². The summed E-state index contributed by atoms with van der Waals surface area (Å²) in [6.45, 7) is 3.92. The molecule has 0 unspecified atom stereocenters. The van der Waals surface area contributed by atoms with Crippen LogP contribution in [0.1, 0.15) is 19.8 Å². The van der Waals surface area contributed by atoms with Gasteiger partial charge in [-0.1, -0.05) is 0 Å². The number of piperidine rings is 1. The van der Waals surface area contributed by atoms with E-state index in [4.69, 9.17) is 4.74 Å². The third-order valence-electron chi connectivity index (χ3n) is 2.76. The first-order valence-electron chi connectivity index (χ1n) is 5.23. The molecule has 0 spiro atoms. The molecule has 1 aliphatic rings. The van der Waals surface area contributed by atoms with Crippen LogP contribution >= 0.6 is 11.3 Å². The number of nitrogens with one attached hydrogen (secondary N) is 1. The molecule has 16 heavy (non-hydrogen) atoms. The van der Waals surface area contributed by atoms with Gasteiger partial charge in [0.15, 0.2) is 5.06 Å². The Morgan fingerprint density at radius 2 is 2.19 bits per heavy atom. The molecular weight excluding hydrogens is 228 g/mol. The summed E-state index contributed by atoms with van der Waals surface area (Å²) in [4.78, 5) is 10.2. The lowest BCUT2D eigenvalue weighted by Gasteiger charge is -2.33. The normalized spacial score (nSPS) is 19.3. The maximum atomic E-state index is 10.5. The molecule has 6 heteroatoms. The molecule has 0 saturated carbocycles. The molecule has 0 aliphatic carbocycles. The maximum absolute atomic E-state index is 10.5. The van der Waals surface area contributed by atoms with Crippen LogP contribution in [0.25, 0.3) is 0 Å². The van der Waals surface area contributed by atoms with Crippen molar-refractivity contribution in [3.63, 3.8) is 0 Å². The second kappa shape index (κ2) is 4.39. The standard InChI is InChI=1S/C10H14N2O3S/c1-10(4-6-11-7-5-10)15-9-3-2-8(16-9)12(13)14/h2-3,11H,4-7H2,1H3. The molecule has 0 amide bonds. The van der Waals surface area contributed by atoms with Crippen LogP contribution in [-0.2, 0) is 0 Å². The first-order chi connectivity index (χ1) is 7.59. The first-order valence-corrected chi connectivity index (χ1v) is 6.05. The lowest BCUT2D eigenvalue weighted by molar-refractivity contribution is -0.380. The first kappa shape index (κ1) is 11.3. The van der Waals surface area contributed by atoms with Crippen LogP contribution in [0, 0.1) is 10.1 Å². The van der Waals surface area contributed by atoms with Crippen molar-refractivity contribution in [2.75, 3.05) is 13.1 Å². The summed E-state index contributed by atoms with van der Waals surface area (Å²) in [5.41, 5.74) is -0.191. The van der Waals surface area contributed by atoms with Crippen molar-refractivity contribution in [1.82, 2.24) is 5.32 Å². The lowest BCUT2D eigenvalue weighted by atomic mass is 9.95. The van der Waals surface area contributed by atoms with Crippen LogP contribution in [0.3, 0.4) is 0 Å². The van der Waals surface area contributed by atoms with E-state index in [0.29, 0.717) is 5.06 Å². The van der Waals surface area contributed by atoms with E-state index in [1.165, 1.54) is 6.07 Å². The van der Waals surface area contributed by atoms with Crippen molar-refractivity contribution in [1.29, 1.82) is 0 Å². The Morgan fingerprint density at radius 1 is 1.50 bits per heavy atom. The number of rotatable bonds is 3. The van der Waals surface area contributed by atoms with Gasteiger partial charge in [0.05, 0.1) is 4.92 Å². The van der Waals surface area contributed by atoms with Crippen molar-refractivity contribution < 1.29 is 9.66 Å². The van der Waals surface area contributed by atoms with Crippen molar-refractivity contribution in [3.8, 4) is 5.06 Å². The highest BCUT2D eigenvalue weighted by atomic mass is 32.1. The van der Waals surface area contributed by atoms with Gasteiger partial charge in [0.2, 0.25) is 0 Å². The van der Waals surface area contributed by atoms with Gasteiger partial charge in [-0.05, 0) is 50.3 Å². The summed E-state index contributed by atoms with van der Waals surface area (Å²) in [5.74, 6) is 0. The van der Waals surface area contributed by atoms with E-state index in [1.54, 1.807) is 6.07 Å². The second-order valence-corrected chi connectivity index (χ2v) is 5.18. The molecule has 0 radical (unpaired) electrons. The number of ether oxygens (including phenoxy) is 1. The van der Waals surface area contributed by atoms with Crippen LogP contribution in [0.2, 0.25) is 0 Å². The van der Waals surface area contributed by atoms with E-state index < -0.39 is 0 Å². The van der Waals surface area contributed by atoms with Crippen LogP contribution in [0.15, 0.2) is 12.1 Å². The smallest absolute Gasteiger partial charge is 0.327 e. The molecule has 2 heterocycles. The topological polar surface area (TPSA) is 64.4 Å². The molecule has 88 valence electrons. The van der Waals surface area contributed by atoms with Crippen LogP contribution < -0.4 is 10.1 Å². The van der Waals surface area contributed by atoms with Crippen molar-refractivity contribution >= 4 is 16.3 Å². The highest BCUT2D eigenvalue weighted by Gasteiger charge is 2.29. The third-order valence-corrected chi connectivity index (χ3v) is 3.67. The highest BCUT2D eigenvalue weighted by Crippen LogP contribution is 2.35. The monoisotopic (exact) mass is 242 g/mol. The van der Waals surface area contributed by atoms with E-state index in [2.05, 4.69) is 12.2 Å². The average molecular weight is 242 g/mol. The number of hydrogen-bond donors (Lipinski definition) is 1. The second-order valence-electron chi connectivity index (χ2n) is 4.15. The highest BCUT2D eigenvalue weighted by molar-refractivity contribution is 7.17. The Bertz CT molecular complexity index is 385. The summed E-state index contributed by atoms with van der Waals surface area (Å²) in [5, 5.41) is 14.6. The maximum Gasteiger partial charge on any atom is 0.327 e. The van der Waals surface area contributed by atoms with E-state index in [0.717, 1.165) is 37.3 Å². The zero-order valence-corrected chi connectivity index (χ0v) is 9.88. The molecule has 5 nitrogen and oxygen atoms in total. The molecule has 1 saturated heterocycles. The quantitative estimate of drug-likeness (QED) is 0.651. The predicted octanol–water partition coefficient (Wildman–Crippen LogP) is 2.18. The van der Waals surface area contributed by atoms with Gasteiger partial charge in [-0.2, -0.15) is 0 Å². The minimum absolute atomic E-state index is 0.132. The molecule has 1 aliphatic heterocycles. The predicted molar refractivity (Wildman–Crippen MR) is 62.1 cm³/mol. The van der Waals surface area contributed by atoms with Crippen molar-refractivity contribution in [2.24, 2.45) is 0 Å². The fraction of sp³-hybridized carbons (Fsp3) is 0.600. The van der Waals surface area contributed by atoms with Crippen molar-refractivity contribution in [3.05, 3.63) is 22.2 Å². The molecule has 0 bridgehead atoms. The zero-order chi connectivity index (χ0) is 11.6. The van der Waals surface area contributed by atoms with Gasteiger partial charge in [-0.3, -0.25) is 10.1 Å². The molecule has 2 rings (SSSR count). The molecule has 0 atom stereocenters. The fourth-order valence-corrected chi connectivity index (χ4v) is 2.56.